The number of amides is 1. The van der Waals surface area contributed by atoms with Crippen LogP contribution in [0.5, 0.6) is 0 Å². The van der Waals surface area contributed by atoms with Crippen LogP contribution in [-0.4, -0.2) is 42.0 Å². The number of rotatable bonds is 2. The van der Waals surface area contributed by atoms with E-state index in [9.17, 15) is 9.18 Å². The van der Waals surface area contributed by atoms with E-state index in [1.54, 1.807) is 6.20 Å². The first kappa shape index (κ1) is 15.2. The van der Waals surface area contributed by atoms with E-state index in [-0.39, 0.29) is 11.7 Å². The summed E-state index contributed by atoms with van der Waals surface area (Å²) in [5.74, 6) is -0.390. The molecule has 0 N–H and O–H groups in total. The summed E-state index contributed by atoms with van der Waals surface area (Å²) in [5.41, 5.74) is 0.521. The monoisotopic (exact) mass is 339 g/mol. The summed E-state index contributed by atoms with van der Waals surface area (Å²) in [6, 6.07) is 5.69. The van der Waals surface area contributed by atoms with Gasteiger partial charge < -0.3 is 9.80 Å². The Balaban J connectivity index is 1.67. The highest BCUT2D eigenvalue weighted by atomic mass is 35.5. The van der Waals surface area contributed by atoms with Crippen molar-refractivity contribution in [1.82, 2.24) is 9.88 Å². The van der Waals surface area contributed by atoms with Gasteiger partial charge in [0.25, 0.3) is 5.91 Å². The molecule has 22 heavy (non-hydrogen) atoms. The number of carbonyl (C=O) groups is 1. The molecule has 1 amide bonds. The van der Waals surface area contributed by atoms with E-state index < -0.39 is 0 Å². The maximum Gasteiger partial charge on any atom is 0.253 e. The molecule has 4 nitrogen and oxygen atoms in total. The van der Waals surface area contributed by atoms with Crippen molar-refractivity contribution in [3.8, 4) is 0 Å². The highest BCUT2D eigenvalue weighted by molar-refractivity contribution is 7.19. The van der Waals surface area contributed by atoms with Crippen LogP contribution in [0.25, 0.3) is 0 Å². The molecule has 116 valence electrons. The second-order valence-electron chi connectivity index (χ2n) is 5.09. The van der Waals surface area contributed by atoms with Crippen molar-refractivity contribution in [2.45, 2.75) is 6.42 Å². The van der Waals surface area contributed by atoms with Gasteiger partial charge in [-0.05, 0) is 30.7 Å². The number of hydrogen-bond acceptors (Lipinski definition) is 4. The van der Waals surface area contributed by atoms with Gasteiger partial charge in [0, 0.05) is 31.7 Å². The van der Waals surface area contributed by atoms with E-state index in [1.807, 2.05) is 4.90 Å². The maximum atomic E-state index is 13.0. The smallest absolute Gasteiger partial charge is 0.253 e. The SMILES string of the molecule is O=C(c1ccc(F)cc1)N1CCCN(c2ncc(Cl)s2)CC1. The summed E-state index contributed by atoms with van der Waals surface area (Å²) in [6.45, 7) is 2.87. The lowest BCUT2D eigenvalue weighted by molar-refractivity contribution is 0.0767. The van der Waals surface area contributed by atoms with Gasteiger partial charge in [-0.1, -0.05) is 22.9 Å². The molecule has 0 spiro atoms. The van der Waals surface area contributed by atoms with Crippen LogP contribution in [0, 0.1) is 5.82 Å². The highest BCUT2D eigenvalue weighted by Crippen LogP contribution is 2.27. The molecule has 1 fully saturated rings. The Morgan fingerprint density at radius 1 is 1.18 bits per heavy atom. The molecule has 1 aliphatic rings. The third kappa shape index (κ3) is 3.39. The van der Waals surface area contributed by atoms with Gasteiger partial charge in [-0.2, -0.15) is 0 Å². The van der Waals surface area contributed by atoms with Gasteiger partial charge in [0.1, 0.15) is 10.2 Å². The maximum absolute atomic E-state index is 13.0. The lowest BCUT2D eigenvalue weighted by Crippen LogP contribution is -2.35. The van der Waals surface area contributed by atoms with Gasteiger partial charge in [-0.25, -0.2) is 9.37 Å². The first-order chi connectivity index (χ1) is 10.6. The van der Waals surface area contributed by atoms with Gasteiger partial charge in [-0.15, -0.1) is 0 Å². The molecule has 0 radical (unpaired) electrons. The zero-order valence-corrected chi connectivity index (χ0v) is 13.4. The minimum Gasteiger partial charge on any atom is -0.346 e. The first-order valence-corrected chi connectivity index (χ1v) is 8.24. The number of carbonyl (C=O) groups excluding carboxylic acids is 1. The van der Waals surface area contributed by atoms with E-state index in [0.717, 1.165) is 24.6 Å². The Hall–Kier alpha value is -1.66. The minimum absolute atomic E-state index is 0.0565. The van der Waals surface area contributed by atoms with Crippen molar-refractivity contribution >= 4 is 34.0 Å². The average Bonchev–Trinajstić information content (AvgIpc) is 2.81. The summed E-state index contributed by atoms with van der Waals surface area (Å²) < 4.78 is 13.6. The van der Waals surface area contributed by atoms with Crippen molar-refractivity contribution in [1.29, 1.82) is 0 Å². The molecule has 7 heteroatoms. The molecule has 3 rings (SSSR count). The summed E-state index contributed by atoms with van der Waals surface area (Å²) in [6.07, 6.45) is 2.51. The third-order valence-corrected chi connectivity index (χ3v) is 4.79. The van der Waals surface area contributed by atoms with Gasteiger partial charge in [0.15, 0.2) is 5.13 Å². The molecule has 1 saturated heterocycles. The normalized spacial score (nSPS) is 15.7. The number of anilines is 1. The first-order valence-electron chi connectivity index (χ1n) is 7.04. The van der Waals surface area contributed by atoms with Crippen LogP contribution >= 0.6 is 22.9 Å². The second kappa shape index (κ2) is 6.62. The minimum atomic E-state index is -0.334. The largest absolute Gasteiger partial charge is 0.346 e. The number of hydrogen-bond donors (Lipinski definition) is 0. The summed E-state index contributed by atoms with van der Waals surface area (Å²) in [7, 11) is 0. The average molecular weight is 340 g/mol. The number of benzene rings is 1. The fourth-order valence-electron chi connectivity index (χ4n) is 2.48. The zero-order valence-electron chi connectivity index (χ0n) is 11.8. The van der Waals surface area contributed by atoms with E-state index in [2.05, 4.69) is 9.88 Å². The molecule has 0 atom stereocenters. The Morgan fingerprint density at radius 2 is 1.95 bits per heavy atom. The highest BCUT2D eigenvalue weighted by Gasteiger charge is 2.21. The molecule has 0 bridgehead atoms. The number of aromatic nitrogens is 1. The molecule has 1 aromatic heterocycles. The summed E-state index contributed by atoms with van der Waals surface area (Å²) >= 11 is 7.37. The van der Waals surface area contributed by atoms with Crippen LogP contribution in [0.2, 0.25) is 4.34 Å². The fourth-order valence-corrected chi connectivity index (χ4v) is 3.43. The van der Waals surface area contributed by atoms with Crippen molar-refractivity contribution in [2.24, 2.45) is 0 Å². The molecule has 1 aliphatic heterocycles. The molecule has 2 aromatic rings. The van der Waals surface area contributed by atoms with Crippen LogP contribution < -0.4 is 4.90 Å². The number of halogens is 2. The van der Waals surface area contributed by atoms with Gasteiger partial charge in [-0.3, -0.25) is 4.79 Å². The van der Waals surface area contributed by atoms with E-state index in [4.69, 9.17) is 11.6 Å². The van der Waals surface area contributed by atoms with Crippen LogP contribution in [0.1, 0.15) is 16.8 Å². The Labute approximate surface area is 137 Å². The molecule has 0 unspecified atom stereocenters. The third-order valence-electron chi connectivity index (χ3n) is 3.61. The van der Waals surface area contributed by atoms with Crippen molar-refractivity contribution in [2.75, 3.05) is 31.1 Å². The van der Waals surface area contributed by atoms with Crippen LogP contribution in [-0.2, 0) is 0 Å². The number of nitrogens with zero attached hydrogens (tertiary/aromatic N) is 3. The molecular weight excluding hydrogens is 325 g/mol. The predicted molar refractivity (Wildman–Crippen MR) is 86.3 cm³/mol. The lowest BCUT2D eigenvalue weighted by Gasteiger charge is -2.21. The Morgan fingerprint density at radius 3 is 2.64 bits per heavy atom. The summed E-state index contributed by atoms with van der Waals surface area (Å²) in [4.78, 5) is 20.7. The standard InChI is InChI=1S/C15H15ClFN3OS/c16-13-10-18-15(22-13)20-7-1-6-19(8-9-20)14(21)11-2-4-12(17)5-3-11/h2-5,10H,1,6-9H2. The van der Waals surface area contributed by atoms with Crippen LogP contribution in [0.4, 0.5) is 9.52 Å². The predicted octanol–water partition coefficient (Wildman–Crippen LogP) is 3.29. The number of thiazole rings is 1. The Bertz CT molecular complexity index is 661. The van der Waals surface area contributed by atoms with E-state index in [1.165, 1.54) is 35.6 Å². The fraction of sp³-hybridized carbons (Fsp3) is 0.333. The molecule has 0 saturated carbocycles. The molecule has 1 aromatic carbocycles. The lowest BCUT2D eigenvalue weighted by atomic mass is 10.2. The van der Waals surface area contributed by atoms with Gasteiger partial charge in [0.2, 0.25) is 0 Å². The summed E-state index contributed by atoms with van der Waals surface area (Å²) in [5, 5.41) is 0.890. The second-order valence-corrected chi connectivity index (χ2v) is 6.73. The van der Waals surface area contributed by atoms with Gasteiger partial charge in [0.05, 0.1) is 6.20 Å². The van der Waals surface area contributed by atoms with Crippen LogP contribution in [0.3, 0.4) is 0 Å². The van der Waals surface area contributed by atoms with Crippen molar-refractivity contribution in [3.63, 3.8) is 0 Å². The molecule has 0 aliphatic carbocycles. The van der Waals surface area contributed by atoms with E-state index >= 15 is 0 Å². The molecule has 2 heterocycles. The quantitative estimate of drug-likeness (QED) is 0.842. The van der Waals surface area contributed by atoms with Crippen LogP contribution in [0.15, 0.2) is 30.5 Å². The zero-order chi connectivity index (χ0) is 15.5. The van der Waals surface area contributed by atoms with Crippen molar-refractivity contribution < 1.29 is 9.18 Å². The van der Waals surface area contributed by atoms with Crippen molar-refractivity contribution in [3.05, 3.63) is 46.2 Å². The molecular formula is C15H15ClFN3OS. The van der Waals surface area contributed by atoms with E-state index in [0.29, 0.717) is 23.0 Å². The topological polar surface area (TPSA) is 36.4 Å². The van der Waals surface area contributed by atoms with Gasteiger partial charge >= 0.3 is 0 Å². The Kier molecular flexibility index (Phi) is 4.59.